The molecule has 66 valence electrons. The molecule has 1 heterocycles. The van der Waals surface area contributed by atoms with Crippen LogP contribution in [0.5, 0.6) is 0 Å². The van der Waals surface area contributed by atoms with Crippen molar-refractivity contribution in [3.8, 4) is 0 Å². The number of aryl methyl sites for hydroxylation is 1. The Morgan fingerprint density at radius 1 is 1.50 bits per heavy atom. The molecule has 0 atom stereocenters. The molecule has 1 aliphatic carbocycles. The summed E-state index contributed by atoms with van der Waals surface area (Å²) in [6, 6.07) is 0. The van der Waals surface area contributed by atoms with Crippen molar-refractivity contribution < 1.29 is 0 Å². The summed E-state index contributed by atoms with van der Waals surface area (Å²) in [4.78, 5) is 0. The third-order valence-corrected chi connectivity index (χ3v) is 3.05. The molecule has 0 saturated heterocycles. The predicted octanol–water partition coefficient (Wildman–Crippen LogP) is 2.11. The highest BCUT2D eigenvalue weighted by Crippen LogP contribution is 2.46. The molecular formula is C10H16N2. The van der Waals surface area contributed by atoms with E-state index >= 15 is 0 Å². The monoisotopic (exact) mass is 164 g/mol. The molecule has 0 amide bonds. The first-order valence-electron chi connectivity index (χ1n) is 4.60. The number of rotatable bonds is 2. The van der Waals surface area contributed by atoms with Crippen molar-refractivity contribution in [3.63, 3.8) is 0 Å². The fraction of sp³-hybridized carbons (Fsp3) is 0.700. The molecule has 1 fully saturated rings. The smallest absolute Gasteiger partial charge is 0.0527 e. The molecule has 0 bridgehead atoms. The highest BCUT2D eigenvalue weighted by atomic mass is 15.2. The Kier molecular flexibility index (Phi) is 1.53. The summed E-state index contributed by atoms with van der Waals surface area (Å²) in [5, 5.41) is 4.21. The molecule has 0 spiro atoms. The maximum Gasteiger partial charge on any atom is 0.0527 e. The Labute approximate surface area is 73.6 Å². The molecule has 0 N–H and O–H groups in total. The van der Waals surface area contributed by atoms with Crippen LogP contribution in [0.25, 0.3) is 0 Å². The van der Waals surface area contributed by atoms with Crippen molar-refractivity contribution in [2.24, 2.45) is 13.0 Å². The van der Waals surface area contributed by atoms with Crippen molar-refractivity contribution in [1.82, 2.24) is 9.78 Å². The highest BCUT2D eigenvalue weighted by molar-refractivity contribution is 5.20. The molecule has 1 aliphatic rings. The van der Waals surface area contributed by atoms with Gasteiger partial charge in [-0.05, 0) is 29.7 Å². The third-order valence-electron chi connectivity index (χ3n) is 3.05. The van der Waals surface area contributed by atoms with Gasteiger partial charge in [-0.1, -0.05) is 13.8 Å². The number of hydrogen-bond donors (Lipinski definition) is 0. The van der Waals surface area contributed by atoms with Crippen molar-refractivity contribution >= 4 is 0 Å². The summed E-state index contributed by atoms with van der Waals surface area (Å²) in [5.41, 5.74) is 1.72. The van der Waals surface area contributed by atoms with Crippen molar-refractivity contribution in [2.75, 3.05) is 0 Å². The highest BCUT2D eigenvalue weighted by Gasteiger charge is 2.39. The second-order valence-corrected chi connectivity index (χ2v) is 4.40. The van der Waals surface area contributed by atoms with Crippen molar-refractivity contribution in [2.45, 2.75) is 32.1 Å². The van der Waals surface area contributed by atoms with E-state index in [1.807, 2.05) is 17.9 Å². The Hall–Kier alpha value is -0.790. The molecule has 2 nitrogen and oxygen atoms in total. The first-order valence-corrected chi connectivity index (χ1v) is 4.60. The first-order chi connectivity index (χ1) is 5.60. The van der Waals surface area contributed by atoms with Crippen LogP contribution in [-0.4, -0.2) is 9.78 Å². The molecule has 1 aromatic heterocycles. The minimum absolute atomic E-state index is 0.342. The molecule has 0 aliphatic heterocycles. The van der Waals surface area contributed by atoms with Crippen LogP contribution in [0.3, 0.4) is 0 Å². The lowest BCUT2D eigenvalue weighted by atomic mass is 9.82. The van der Waals surface area contributed by atoms with Gasteiger partial charge in [0.2, 0.25) is 0 Å². The van der Waals surface area contributed by atoms with E-state index in [1.54, 1.807) is 0 Å². The van der Waals surface area contributed by atoms with Crippen LogP contribution in [0, 0.1) is 5.92 Å². The van der Waals surface area contributed by atoms with E-state index in [0.29, 0.717) is 5.41 Å². The lowest BCUT2D eigenvalue weighted by Gasteiger charge is -2.22. The molecule has 12 heavy (non-hydrogen) atoms. The van der Waals surface area contributed by atoms with E-state index in [4.69, 9.17) is 0 Å². The van der Waals surface area contributed by atoms with Gasteiger partial charge in [0, 0.05) is 13.2 Å². The summed E-state index contributed by atoms with van der Waals surface area (Å²) in [6.45, 7) is 4.64. The zero-order valence-electron chi connectivity index (χ0n) is 8.04. The molecular weight excluding hydrogens is 148 g/mol. The molecule has 0 aromatic carbocycles. The second-order valence-electron chi connectivity index (χ2n) is 4.40. The van der Waals surface area contributed by atoms with Crippen LogP contribution in [-0.2, 0) is 12.5 Å². The summed E-state index contributed by atoms with van der Waals surface area (Å²) in [7, 11) is 1.98. The molecule has 1 aromatic rings. The Morgan fingerprint density at radius 2 is 2.17 bits per heavy atom. The van der Waals surface area contributed by atoms with Crippen LogP contribution < -0.4 is 0 Å². The Morgan fingerprint density at radius 3 is 2.58 bits per heavy atom. The van der Waals surface area contributed by atoms with Gasteiger partial charge in [0.1, 0.15) is 0 Å². The Balaban J connectivity index is 2.27. The van der Waals surface area contributed by atoms with Gasteiger partial charge in [0.15, 0.2) is 0 Å². The SMILES string of the molecule is Cn1cc(C(C)(C)C2CC2)cn1. The van der Waals surface area contributed by atoms with Gasteiger partial charge < -0.3 is 0 Å². The van der Waals surface area contributed by atoms with Crippen LogP contribution >= 0.6 is 0 Å². The average molecular weight is 164 g/mol. The van der Waals surface area contributed by atoms with Crippen molar-refractivity contribution in [1.29, 1.82) is 0 Å². The van der Waals surface area contributed by atoms with E-state index in [-0.39, 0.29) is 0 Å². The van der Waals surface area contributed by atoms with E-state index in [2.05, 4.69) is 25.1 Å². The lowest BCUT2D eigenvalue weighted by Crippen LogP contribution is -2.18. The van der Waals surface area contributed by atoms with Gasteiger partial charge in [-0.3, -0.25) is 4.68 Å². The minimum Gasteiger partial charge on any atom is -0.276 e. The van der Waals surface area contributed by atoms with E-state index in [0.717, 1.165) is 5.92 Å². The number of nitrogens with zero attached hydrogens (tertiary/aromatic N) is 2. The van der Waals surface area contributed by atoms with Gasteiger partial charge in [0.05, 0.1) is 6.20 Å². The van der Waals surface area contributed by atoms with Gasteiger partial charge in [0.25, 0.3) is 0 Å². The quantitative estimate of drug-likeness (QED) is 0.654. The van der Waals surface area contributed by atoms with Crippen LogP contribution in [0.4, 0.5) is 0 Å². The maximum absolute atomic E-state index is 4.21. The largest absolute Gasteiger partial charge is 0.276 e. The van der Waals surface area contributed by atoms with Crippen molar-refractivity contribution in [3.05, 3.63) is 18.0 Å². The summed E-state index contributed by atoms with van der Waals surface area (Å²) < 4.78 is 1.89. The van der Waals surface area contributed by atoms with E-state index in [9.17, 15) is 0 Å². The fourth-order valence-electron chi connectivity index (χ4n) is 1.79. The summed E-state index contributed by atoms with van der Waals surface area (Å²) >= 11 is 0. The summed E-state index contributed by atoms with van der Waals surface area (Å²) in [5.74, 6) is 0.890. The predicted molar refractivity (Wildman–Crippen MR) is 49.0 cm³/mol. The van der Waals surface area contributed by atoms with Gasteiger partial charge in [-0.2, -0.15) is 5.10 Å². The fourth-order valence-corrected chi connectivity index (χ4v) is 1.79. The lowest BCUT2D eigenvalue weighted by molar-refractivity contribution is 0.454. The molecule has 2 rings (SSSR count). The topological polar surface area (TPSA) is 17.8 Å². The third kappa shape index (κ3) is 1.15. The molecule has 2 heteroatoms. The first kappa shape index (κ1) is 7.84. The molecule has 0 unspecified atom stereocenters. The van der Waals surface area contributed by atoms with Crippen LogP contribution in [0.2, 0.25) is 0 Å². The van der Waals surface area contributed by atoms with Gasteiger partial charge >= 0.3 is 0 Å². The van der Waals surface area contributed by atoms with E-state index < -0.39 is 0 Å². The minimum atomic E-state index is 0.342. The average Bonchev–Trinajstić information content (AvgIpc) is 2.75. The van der Waals surface area contributed by atoms with Crippen LogP contribution in [0.15, 0.2) is 12.4 Å². The zero-order valence-corrected chi connectivity index (χ0v) is 8.04. The normalized spacial score (nSPS) is 18.2. The molecule has 1 saturated carbocycles. The number of aromatic nitrogens is 2. The summed E-state index contributed by atoms with van der Waals surface area (Å²) in [6.07, 6.45) is 6.92. The standard InChI is InChI=1S/C10H16N2/c1-10(2,8-4-5-8)9-6-11-12(3)7-9/h6-8H,4-5H2,1-3H3. The second kappa shape index (κ2) is 2.35. The zero-order chi connectivity index (χ0) is 8.77. The maximum atomic E-state index is 4.21. The molecule has 0 radical (unpaired) electrons. The number of hydrogen-bond acceptors (Lipinski definition) is 1. The van der Waals surface area contributed by atoms with Gasteiger partial charge in [-0.25, -0.2) is 0 Å². The Bertz CT molecular complexity index is 282. The van der Waals surface area contributed by atoms with Gasteiger partial charge in [-0.15, -0.1) is 0 Å². The van der Waals surface area contributed by atoms with Crippen LogP contribution in [0.1, 0.15) is 32.3 Å². The van der Waals surface area contributed by atoms with E-state index in [1.165, 1.54) is 18.4 Å².